The number of rotatable bonds is 5. The molecule has 1 aromatic carbocycles. The summed E-state index contributed by atoms with van der Waals surface area (Å²) in [6, 6.07) is 11.8. The Bertz CT molecular complexity index is 768. The van der Waals surface area contributed by atoms with Gasteiger partial charge in [-0.1, -0.05) is 30.4 Å². The molecule has 0 saturated carbocycles. The highest BCUT2D eigenvalue weighted by atomic mass is 32.1. The summed E-state index contributed by atoms with van der Waals surface area (Å²) in [5.41, 5.74) is 8.42. The molecule has 0 saturated heterocycles. The zero-order valence-electron chi connectivity index (χ0n) is 11.4. The van der Waals surface area contributed by atoms with Crippen LogP contribution >= 0.6 is 12.2 Å². The van der Waals surface area contributed by atoms with Crippen molar-refractivity contribution in [3.8, 4) is 0 Å². The van der Waals surface area contributed by atoms with Gasteiger partial charge in [0.05, 0.1) is 23.0 Å². The maximum absolute atomic E-state index is 5.80. The molecule has 106 valence electrons. The lowest BCUT2D eigenvalue weighted by Crippen LogP contribution is -2.15. The molecule has 0 aliphatic rings. The number of hydrogen-bond acceptors (Lipinski definition) is 4. The molecule has 0 radical (unpaired) electrons. The van der Waals surface area contributed by atoms with Gasteiger partial charge in [0.2, 0.25) is 0 Å². The first-order chi connectivity index (χ1) is 10.3. The van der Waals surface area contributed by atoms with Crippen LogP contribution in [0.1, 0.15) is 11.3 Å². The standard InChI is InChI=1S/C16H15N3OS/c17-16(21)13-10-19-14-6-2-1-5-12(14)15(13)18-8-7-11-4-3-9-20-11/h1-6,9-10H,7-8H2,(H2,17,21)(H,18,19). The molecule has 5 heteroatoms. The van der Waals surface area contributed by atoms with Crippen LogP contribution in [0.4, 0.5) is 5.69 Å². The van der Waals surface area contributed by atoms with E-state index in [1.165, 1.54) is 0 Å². The summed E-state index contributed by atoms with van der Waals surface area (Å²) in [5.74, 6) is 0.942. The number of anilines is 1. The molecule has 0 amide bonds. The van der Waals surface area contributed by atoms with Crippen molar-refractivity contribution in [1.29, 1.82) is 0 Å². The van der Waals surface area contributed by atoms with E-state index in [1.807, 2.05) is 36.4 Å². The molecule has 3 N–H and O–H groups in total. The second-order valence-electron chi connectivity index (χ2n) is 4.68. The van der Waals surface area contributed by atoms with Crippen LogP contribution in [0.25, 0.3) is 10.9 Å². The van der Waals surface area contributed by atoms with Gasteiger partial charge >= 0.3 is 0 Å². The van der Waals surface area contributed by atoms with Gasteiger partial charge in [-0.05, 0) is 18.2 Å². The van der Waals surface area contributed by atoms with Gasteiger partial charge in [0.15, 0.2) is 0 Å². The van der Waals surface area contributed by atoms with Gasteiger partial charge in [-0.25, -0.2) is 0 Å². The lowest BCUT2D eigenvalue weighted by atomic mass is 10.1. The van der Waals surface area contributed by atoms with Crippen LogP contribution in [0, 0.1) is 0 Å². The number of nitrogens with two attached hydrogens (primary N) is 1. The lowest BCUT2D eigenvalue weighted by Gasteiger charge is -2.13. The van der Waals surface area contributed by atoms with Gasteiger partial charge in [0.25, 0.3) is 0 Å². The highest BCUT2D eigenvalue weighted by Crippen LogP contribution is 2.25. The first-order valence-corrected chi connectivity index (χ1v) is 7.10. The summed E-state index contributed by atoms with van der Waals surface area (Å²) in [7, 11) is 0. The van der Waals surface area contributed by atoms with Gasteiger partial charge in [-0.2, -0.15) is 0 Å². The Morgan fingerprint density at radius 3 is 2.86 bits per heavy atom. The number of thiocarbonyl (C=S) groups is 1. The normalized spacial score (nSPS) is 10.7. The Hall–Kier alpha value is -2.40. The summed E-state index contributed by atoms with van der Waals surface area (Å²) >= 11 is 5.12. The van der Waals surface area contributed by atoms with Crippen molar-refractivity contribution in [2.45, 2.75) is 6.42 Å². The Kier molecular flexibility index (Phi) is 3.83. The molecule has 0 spiro atoms. The van der Waals surface area contributed by atoms with E-state index < -0.39 is 0 Å². The SMILES string of the molecule is NC(=S)c1cnc2ccccc2c1NCCc1ccco1. The van der Waals surface area contributed by atoms with Crippen LogP contribution in [0.2, 0.25) is 0 Å². The highest BCUT2D eigenvalue weighted by Gasteiger charge is 2.10. The fraction of sp³-hybridized carbons (Fsp3) is 0.125. The number of fused-ring (bicyclic) bond motifs is 1. The van der Waals surface area contributed by atoms with E-state index in [1.54, 1.807) is 12.5 Å². The zero-order chi connectivity index (χ0) is 14.7. The van der Waals surface area contributed by atoms with Crippen LogP contribution in [0.15, 0.2) is 53.3 Å². The topological polar surface area (TPSA) is 64.1 Å². The summed E-state index contributed by atoms with van der Waals surface area (Å²) < 4.78 is 5.33. The van der Waals surface area contributed by atoms with Crippen molar-refractivity contribution in [3.05, 3.63) is 60.2 Å². The number of nitrogens with zero attached hydrogens (tertiary/aromatic N) is 1. The third kappa shape index (κ3) is 2.87. The molecular weight excluding hydrogens is 282 g/mol. The van der Waals surface area contributed by atoms with Crippen molar-refractivity contribution in [2.75, 3.05) is 11.9 Å². The summed E-state index contributed by atoms with van der Waals surface area (Å²) in [6.07, 6.45) is 4.19. The minimum atomic E-state index is 0.341. The number of benzene rings is 1. The minimum absolute atomic E-state index is 0.341. The zero-order valence-corrected chi connectivity index (χ0v) is 12.2. The van der Waals surface area contributed by atoms with Crippen molar-refractivity contribution >= 4 is 33.8 Å². The van der Waals surface area contributed by atoms with E-state index in [-0.39, 0.29) is 0 Å². The van der Waals surface area contributed by atoms with E-state index in [0.29, 0.717) is 4.99 Å². The Balaban J connectivity index is 1.90. The molecule has 21 heavy (non-hydrogen) atoms. The van der Waals surface area contributed by atoms with E-state index in [9.17, 15) is 0 Å². The average molecular weight is 297 g/mol. The number of aromatic nitrogens is 1. The van der Waals surface area contributed by atoms with Crippen LogP contribution in [0.3, 0.4) is 0 Å². The van der Waals surface area contributed by atoms with Crippen LogP contribution < -0.4 is 11.1 Å². The van der Waals surface area contributed by atoms with Gasteiger partial charge in [-0.15, -0.1) is 0 Å². The fourth-order valence-corrected chi connectivity index (χ4v) is 2.44. The largest absolute Gasteiger partial charge is 0.469 e. The van der Waals surface area contributed by atoms with Crippen LogP contribution in [-0.2, 0) is 6.42 Å². The molecule has 4 nitrogen and oxygen atoms in total. The van der Waals surface area contributed by atoms with Crippen molar-refractivity contribution in [2.24, 2.45) is 5.73 Å². The molecular formula is C16H15N3OS. The number of nitrogens with one attached hydrogen (secondary N) is 1. The van der Waals surface area contributed by atoms with E-state index in [4.69, 9.17) is 22.4 Å². The van der Waals surface area contributed by atoms with Crippen molar-refractivity contribution < 1.29 is 4.42 Å². The fourth-order valence-electron chi connectivity index (χ4n) is 2.28. The van der Waals surface area contributed by atoms with E-state index >= 15 is 0 Å². The van der Waals surface area contributed by atoms with Crippen LogP contribution in [0.5, 0.6) is 0 Å². The Morgan fingerprint density at radius 2 is 2.10 bits per heavy atom. The molecule has 0 unspecified atom stereocenters. The minimum Gasteiger partial charge on any atom is -0.469 e. The molecule has 3 aromatic rings. The first kappa shape index (κ1) is 13.6. The number of para-hydroxylation sites is 1. The van der Waals surface area contributed by atoms with E-state index in [2.05, 4.69) is 10.3 Å². The molecule has 0 atom stereocenters. The Labute approximate surface area is 128 Å². The lowest BCUT2D eigenvalue weighted by molar-refractivity contribution is 0.513. The van der Waals surface area contributed by atoms with Gasteiger partial charge in [0.1, 0.15) is 10.7 Å². The molecule has 0 aliphatic heterocycles. The number of furan rings is 1. The molecule has 2 heterocycles. The molecule has 0 bridgehead atoms. The predicted molar refractivity (Wildman–Crippen MR) is 88.5 cm³/mol. The molecule has 0 fully saturated rings. The van der Waals surface area contributed by atoms with Crippen molar-refractivity contribution in [1.82, 2.24) is 4.98 Å². The second-order valence-corrected chi connectivity index (χ2v) is 5.12. The van der Waals surface area contributed by atoms with Crippen molar-refractivity contribution in [3.63, 3.8) is 0 Å². The maximum Gasteiger partial charge on any atom is 0.107 e. The molecule has 0 aliphatic carbocycles. The number of pyridine rings is 1. The monoisotopic (exact) mass is 297 g/mol. The smallest absolute Gasteiger partial charge is 0.107 e. The molecule has 2 aromatic heterocycles. The first-order valence-electron chi connectivity index (χ1n) is 6.69. The van der Waals surface area contributed by atoms with Gasteiger partial charge < -0.3 is 15.5 Å². The summed E-state index contributed by atoms with van der Waals surface area (Å²) in [4.78, 5) is 4.74. The maximum atomic E-state index is 5.80. The third-order valence-electron chi connectivity index (χ3n) is 3.29. The second kappa shape index (κ2) is 5.93. The van der Waals surface area contributed by atoms with Crippen LogP contribution in [-0.4, -0.2) is 16.5 Å². The highest BCUT2D eigenvalue weighted by molar-refractivity contribution is 7.80. The Morgan fingerprint density at radius 1 is 1.24 bits per heavy atom. The molecule has 3 rings (SSSR count). The summed E-state index contributed by atoms with van der Waals surface area (Å²) in [6.45, 7) is 0.733. The quantitative estimate of drug-likeness (QED) is 0.708. The average Bonchev–Trinajstić information content (AvgIpc) is 3.00. The summed E-state index contributed by atoms with van der Waals surface area (Å²) in [5, 5.41) is 4.42. The number of hydrogen-bond donors (Lipinski definition) is 2. The van der Waals surface area contributed by atoms with Gasteiger partial charge in [-0.3, -0.25) is 4.98 Å². The third-order valence-corrected chi connectivity index (χ3v) is 3.51. The van der Waals surface area contributed by atoms with Gasteiger partial charge in [0, 0.05) is 24.5 Å². The predicted octanol–water partition coefficient (Wildman–Crippen LogP) is 3.12. The van der Waals surface area contributed by atoms with E-state index in [0.717, 1.165) is 40.9 Å².